The molecular formula is C36H53N5O6S. The number of piperidine rings is 1. The number of benzene rings is 1. The van der Waals surface area contributed by atoms with Crippen molar-refractivity contribution >= 4 is 35.0 Å². The minimum atomic E-state index is -0.893. The lowest BCUT2D eigenvalue weighted by molar-refractivity contribution is -0.156. The Morgan fingerprint density at radius 1 is 1.04 bits per heavy atom. The maximum Gasteiger partial charge on any atom is 0.306 e. The van der Waals surface area contributed by atoms with E-state index in [1.165, 1.54) is 4.90 Å². The van der Waals surface area contributed by atoms with Gasteiger partial charge in [0.05, 0.1) is 34.8 Å². The SMILES string of the molecule is Cc1ncsc1-c1ccc([C@H](C)NC(=O)C2C[C@@H](O)CN2C(=O)[C@@H](NC(=O)CN2CCC(CC(=O)OC(C)(C)C)CC2)C(C)(C)C)cc1. The minimum Gasteiger partial charge on any atom is -0.460 e. The topological polar surface area (TPSA) is 141 Å². The predicted octanol–water partition coefficient (Wildman–Crippen LogP) is 4.23. The largest absolute Gasteiger partial charge is 0.460 e. The first-order valence-corrected chi connectivity index (χ1v) is 17.8. The number of amides is 3. The number of thiazole rings is 1. The molecule has 48 heavy (non-hydrogen) atoms. The molecule has 264 valence electrons. The highest BCUT2D eigenvalue weighted by Crippen LogP contribution is 2.30. The first-order chi connectivity index (χ1) is 22.4. The molecule has 1 aromatic heterocycles. The lowest BCUT2D eigenvalue weighted by Crippen LogP contribution is -2.59. The predicted molar refractivity (Wildman–Crippen MR) is 186 cm³/mol. The number of likely N-dealkylation sites (tertiary alicyclic amines) is 2. The summed E-state index contributed by atoms with van der Waals surface area (Å²) in [7, 11) is 0. The summed E-state index contributed by atoms with van der Waals surface area (Å²) in [6, 6.07) is 5.89. The second-order valence-electron chi connectivity index (χ2n) is 15.4. The number of nitrogens with zero attached hydrogens (tertiary/aromatic N) is 3. The van der Waals surface area contributed by atoms with Crippen molar-refractivity contribution in [1.29, 1.82) is 0 Å². The van der Waals surface area contributed by atoms with Gasteiger partial charge in [0.25, 0.3) is 0 Å². The van der Waals surface area contributed by atoms with Crippen molar-refractivity contribution < 1.29 is 29.0 Å². The van der Waals surface area contributed by atoms with Crippen LogP contribution in [0.25, 0.3) is 10.4 Å². The molecule has 0 spiro atoms. The highest BCUT2D eigenvalue weighted by molar-refractivity contribution is 7.13. The number of carbonyl (C=O) groups is 4. The number of ether oxygens (including phenoxy) is 1. The maximum atomic E-state index is 14.0. The zero-order chi connectivity index (χ0) is 35.4. The third kappa shape index (κ3) is 10.1. The molecule has 1 unspecified atom stereocenters. The fourth-order valence-corrected chi connectivity index (χ4v) is 7.20. The number of hydrogen-bond donors (Lipinski definition) is 3. The minimum absolute atomic E-state index is 0.0157. The fraction of sp³-hybridized carbons (Fsp3) is 0.639. The van der Waals surface area contributed by atoms with Crippen LogP contribution in [0.4, 0.5) is 0 Å². The molecule has 2 fully saturated rings. The van der Waals surface area contributed by atoms with E-state index in [4.69, 9.17) is 4.74 Å². The normalized spacial score (nSPS) is 20.6. The first kappa shape index (κ1) is 37.5. The summed E-state index contributed by atoms with van der Waals surface area (Å²) in [4.78, 5) is 62.0. The van der Waals surface area contributed by atoms with Crippen molar-refractivity contribution in [1.82, 2.24) is 25.4 Å². The van der Waals surface area contributed by atoms with E-state index < -0.39 is 29.2 Å². The number of aliphatic hydroxyl groups excluding tert-OH is 1. The molecule has 2 aliphatic heterocycles. The molecule has 3 N–H and O–H groups in total. The summed E-state index contributed by atoms with van der Waals surface area (Å²) >= 11 is 1.58. The Balaban J connectivity index is 1.34. The number of nitrogens with one attached hydrogen (secondary N) is 2. The highest BCUT2D eigenvalue weighted by atomic mass is 32.1. The van der Waals surface area contributed by atoms with E-state index in [1.807, 2.05) is 90.1 Å². The molecule has 2 saturated heterocycles. The van der Waals surface area contributed by atoms with Gasteiger partial charge in [-0.05, 0) is 83.0 Å². The quantitative estimate of drug-likeness (QED) is 0.316. The zero-order valence-electron chi connectivity index (χ0n) is 29.7. The maximum absolute atomic E-state index is 14.0. The van der Waals surface area contributed by atoms with Gasteiger partial charge in [-0.2, -0.15) is 0 Å². The van der Waals surface area contributed by atoms with Gasteiger partial charge in [-0.15, -0.1) is 11.3 Å². The Hall–Kier alpha value is -3.35. The van der Waals surface area contributed by atoms with Crippen LogP contribution in [0.3, 0.4) is 0 Å². The molecule has 12 heteroatoms. The number of aryl methyl sites for hydroxylation is 1. The van der Waals surface area contributed by atoms with E-state index in [9.17, 15) is 24.3 Å². The van der Waals surface area contributed by atoms with Crippen molar-refractivity contribution in [3.63, 3.8) is 0 Å². The van der Waals surface area contributed by atoms with Gasteiger partial charge in [0.1, 0.15) is 17.7 Å². The van der Waals surface area contributed by atoms with Crippen molar-refractivity contribution in [2.24, 2.45) is 11.3 Å². The molecule has 4 rings (SSSR count). The number of β-amino-alcohol motifs (C(OH)–C–C–N with tert-alkyl or cyclic N) is 1. The Morgan fingerprint density at radius 2 is 1.69 bits per heavy atom. The van der Waals surface area contributed by atoms with E-state index in [0.717, 1.165) is 34.5 Å². The van der Waals surface area contributed by atoms with Crippen LogP contribution in [0, 0.1) is 18.3 Å². The van der Waals surface area contributed by atoms with Crippen molar-refractivity contribution in [2.45, 2.75) is 111 Å². The monoisotopic (exact) mass is 683 g/mol. The van der Waals surface area contributed by atoms with Crippen LogP contribution in [0.2, 0.25) is 0 Å². The van der Waals surface area contributed by atoms with E-state index in [0.29, 0.717) is 19.5 Å². The summed E-state index contributed by atoms with van der Waals surface area (Å²) in [5, 5.41) is 16.6. The molecule has 2 aliphatic rings. The van der Waals surface area contributed by atoms with E-state index in [2.05, 4.69) is 15.6 Å². The fourth-order valence-electron chi connectivity index (χ4n) is 6.39. The van der Waals surface area contributed by atoms with E-state index in [-0.39, 0.29) is 55.2 Å². The molecule has 0 aliphatic carbocycles. The number of rotatable bonds is 10. The molecule has 0 radical (unpaired) electrons. The average molecular weight is 684 g/mol. The lowest BCUT2D eigenvalue weighted by atomic mass is 9.85. The second-order valence-corrected chi connectivity index (χ2v) is 16.2. The molecule has 3 heterocycles. The van der Waals surface area contributed by atoms with Crippen LogP contribution in [0.1, 0.15) is 91.4 Å². The number of carbonyl (C=O) groups excluding carboxylic acids is 4. The molecule has 1 aromatic carbocycles. The van der Waals surface area contributed by atoms with Crippen LogP contribution in [-0.4, -0.2) is 93.5 Å². The Labute approximate surface area is 288 Å². The number of hydrogen-bond acceptors (Lipinski definition) is 9. The standard InChI is InChI=1S/C36H53N5O6S/c1-22(25-9-11-26(12-10-25)31-23(2)37-21-48-31)38-33(45)28-18-27(42)19-41(28)34(46)32(35(3,4)5)39-29(43)20-40-15-13-24(14-16-40)17-30(44)47-36(6,7)8/h9-12,21-22,24,27-28,32,42H,13-20H2,1-8H3,(H,38,45)(H,39,43)/t22-,27+,28?,32+/m0/s1. The molecule has 4 atom stereocenters. The van der Waals surface area contributed by atoms with Crippen molar-refractivity contribution in [3.05, 3.63) is 41.0 Å². The molecular weight excluding hydrogens is 630 g/mol. The van der Waals surface area contributed by atoms with Gasteiger partial charge in [-0.1, -0.05) is 45.0 Å². The van der Waals surface area contributed by atoms with Crippen LogP contribution in [0.15, 0.2) is 29.8 Å². The van der Waals surface area contributed by atoms with Gasteiger partial charge < -0.3 is 25.4 Å². The summed E-state index contributed by atoms with van der Waals surface area (Å²) in [6.45, 7) is 16.5. The van der Waals surface area contributed by atoms with Gasteiger partial charge in [0.2, 0.25) is 17.7 Å². The van der Waals surface area contributed by atoms with Gasteiger partial charge in [-0.3, -0.25) is 24.1 Å². The lowest BCUT2D eigenvalue weighted by Gasteiger charge is -2.36. The highest BCUT2D eigenvalue weighted by Gasteiger charge is 2.45. The van der Waals surface area contributed by atoms with E-state index >= 15 is 0 Å². The molecule has 2 aromatic rings. The van der Waals surface area contributed by atoms with Gasteiger partial charge in [0, 0.05) is 19.4 Å². The van der Waals surface area contributed by atoms with E-state index in [1.54, 1.807) is 11.3 Å². The number of esters is 1. The van der Waals surface area contributed by atoms with Gasteiger partial charge >= 0.3 is 5.97 Å². The number of aliphatic hydroxyl groups is 1. The molecule has 0 saturated carbocycles. The van der Waals surface area contributed by atoms with Gasteiger partial charge in [0.15, 0.2) is 0 Å². The number of aromatic nitrogens is 1. The smallest absolute Gasteiger partial charge is 0.306 e. The van der Waals surface area contributed by atoms with Crippen LogP contribution >= 0.6 is 11.3 Å². The van der Waals surface area contributed by atoms with Gasteiger partial charge in [-0.25, -0.2) is 4.98 Å². The Morgan fingerprint density at radius 3 is 2.25 bits per heavy atom. The molecule has 0 bridgehead atoms. The van der Waals surface area contributed by atoms with Crippen LogP contribution < -0.4 is 10.6 Å². The van der Waals surface area contributed by atoms with Crippen molar-refractivity contribution in [2.75, 3.05) is 26.2 Å². The second kappa shape index (κ2) is 15.5. The first-order valence-electron chi connectivity index (χ1n) is 16.9. The third-order valence-corrected chi connectivity index (χ3v) is 9.99. The molecule has 11 nitrogen and oxygen atoms in total. The van der Waals surface area contributed by atoms with Crippen LogP contribution in [0.5, 0.6) is 0 Å². The summed E-state index contributed by atoms with van der Waals surface area (Å²) < 4.78 is 5.46. The zero-order valence-corrected chi connectivity index (χ0v) is 30.5. The summed E-state index contributed by atoms with van der Waals surface area (Å²) in [6.07, 6.45) is 1.21. The Kier molecular flexibility index (Phi) is 12.1. The average Bonchev–Trinajstić information content (AvgIpc) is 3.60. The summed E-state index contributed by atoms with van der Waals surface area (Å²) in [5.41, 5.74) is 3.61. The van der Waals surface area contributed by atoms with Crippen LogP contribution in [-0.2, 0) is 23.9 Å². The summed E-state index contributed by atoms with van der Waals surface area (Å²) in [5.74, 6) is -0.998. The Bertz CT molecular complexity index is 1440. The third-order valence-electron chi connectivity index (χ3n) is 9.01. The van der Waals surface area contributed by atoms with Crippen molar-refractivity contribution in [3.8, 4) is 10.4 Å². The molecule has 3 amide bonds.